The number of hydrogen-bond donors (Lipinski definition) is 1. The van der Waals surface area contributed by atoms with Gasteiger partial charge in [-0.3, -0.25) is 4.98 Å². The standard InChI is InChI=1S/C22H22N2O/c1-2-6-18(7-3-1)20-12-17(13-23-15-20)14-24-16-22-21-9-5-4-8-19(21)10-11-25-22/h1-9,12-13,15,22,24H,10-11,14,16H2. The number of nitrogens with zero attached hydrogens (tertiary/aromatic N) is 1. The Kier molecular flexibility index (Phi) is 4.86. The van der Waals surface area contributed by atoms with Gasteiger partial charge in [0.05, 0.1) is 12.7 Å². The van der Waals surface area contributed by atoms with Crippen molar-refractivity contribution < 1.29 is 4.74 Å². The topological polar surface area (TPSA) is 34.2 Å². The fourth-order valence-electron chi connectivity index (χ4n) is 3.37. The first kappa shape index (κ1) is 16.0. The Bertz CT molecular complexity index is 832. The molecule has 0 fully saturated rings. The van der Waals surface area contributed by atoms with Crippen molar-refractivity contribution in [3.63, 3.8) is 0 Å². The monoisotopic (exact) mass is 330 g/mol. The molecule has 0 spiro atoms. The molecule has 3 heteroatoms. The fourth-order valence-corrected chi connectivity index (χ4v) is 3.37. The molecule has 4 rings (SSSR count). The van der Waals surface area contributed by atoms with Gasteiger partial charge in [0.25, 0.3) is 0 Å². The van der Waals surface area contributed by atoms with Gasteiger partial charge in [-0.15, -0.1) is 0 Å². The summed E-state index contributed by atoms with van der Waals surface area (Å²) in [5, 5.41) is 3.53. The van der Waals surface area contributed by atoms with Crippen LogP contribution >= 0.6 is 0 Å². The summed E-state index contributed by atoms with van der Waals surface area (Å²) >= 11 is 0. The van der Waals surface area contributed by atoms with Crippen LogP contribution in [0.15, 0.2) is 73.1 Å². The Balaban J connectivity index is 1.40. The fraction of sp³-hybridized carbons (Fsp3) is 0.227. The van der Waals surface area contributed by atoms with E-state index in [0.717, 1.165) is 31.7 Å². The normalized spacial score (nSPS) is 16.4. The Hall–Kier alpha value is -2.49. The lowest BCUT2D eigenvalue weighted by atomic mass is 9.97. The molecule has 1 aromatic heterocycles. The molecule has 2 aromatic carbocycles. The van der Waals surface area contributed by atoms with Crippen LogP contribution < -0.4 is 5.32 Å². The molecule has 0 aliphatic carbocycles. The van der Waals surface area contributed by atoms with Gasteiger partial charge in [-0.25, -0.2) is 0 Å². The van der Waals surface area contributed by atoms with Gasteiger partial charge in [0.15, 0.2) is 0 Å². The number of fused-ring (bicyclic) bond motifs is 1. The molecular weight excluding hydrogens is 308 g/mol. The van der Waals surface area contributed by atoms with Crippen LogP contribution in [0.1, 0.15) is 22.8 Å². The summed E-state index contributed by atoms with van der Waals surface area (Å²) in [5.41, 5.74) is 6.26. The smallest absolute Gasteiger partial charge is 0.0952 e. The zero-order valence-electron chi connectivity index (χ0n) is 14.2. The minimum Gasteiger partial charge on any atom is -0.372 e. The second-order valence-corrected chi connectivity index (χ2v) is 6.39. The lowest BCUT2D eigenvalue weighted by Crippen LogP contribution is -2.27. The Morgan fingerprint density at radius 1 is 0.960 bits per heavy atom. The third kappa shape index (κ3) is 3.78. The van der Waals surface area contributed by atoms with Gasteiger partial charge in [-0.1, -0.05) is 54.6 Å². The van der Waals surface area contributed by atoms with Gasteiger partial charge >= 0.3 is 0 Å². The van der Waals surface area contributed by atoms with Crippen molar-refractivity contribution in [1.82, 2.24) is 10.3 Å². The highest BCUT2D eigenvalue weighted by Gasteiger charge is 2.19. The van der Waals surface area contributed by atoms with E-state index in [4.69, 9.17) is 4.74 Å². The van der Waals surface area contributed by atoms with Crippen LogP contribution in [0.4, 0.5) is 0 Å². The van der Waals surface area contributed by atoms with Crippen LogP contribution in [-0.4, -0.2) is 18.1 Å². The molecule has 1 aliphatic heterocycles. The van der Waals surface area contributed by atoms with Crippen LogP contribution in [0.3, 0.4) is 0 Å². The highest BCUT2D eigenvalue weighted by molar-refractivity contribution is 5.62. The number of aromatic nitrogens is 1. The molecule has 0 radical (unpaired) electrons. The summed E-state index contributed by atoms with van der Waals surface area (Å²) in [6.45, 7) is 2.40. The summed E-state index contributed by atoms with van der Waals surface area (Å²) in [6, 6.07) is 21.1. The van der Waals surface area contributed by atoms with E-state index in [0.29, 0.717) is 0 Å². The van der Waals surface area contributed by atoms with Crippen molar-refractivity contribution in [1.29, 1.82) is 0 Å². The molecule has 3 nitrogen and oxygen atoms in total. The molecule has 2 heterocycles. The highest BCUT2D eigenvalue weighted by atomic mass is 16.5. The van der Waals surface area contributed by atoms with Crippen molar-refractivity contribution >= 4 is 0 Å². The molecule has 0 amide bonds. The van der Waals surface area contributed by atoms with Crippen LogP contribution in [0, 0.1) is 0 Å². The predicted molar refractivity (Wildman–Crippen MR) is 100 cm³/mol. The second kappa shape index (κ2) is 7.60. The van der Waals surface area contributed by atoms with Gasteiger partial charge in [0.2, 0.25) is 0 Å². The molecule has 1 atom stereocenters. The van der Waals surface area contributed by atoms with Crippen LogP contribution in [0.2, 0.25) is 0 Å². The molecule has 3 aromatic rings. The molecule has 25 heavy (non-hydrogen) atoms. The summed E-state index contributed by atoms with van der Waals surface area (Å²) in [6.07, 6.45) is 4.99. The molecule has 0 saturated heterocycles. The van der Waals surface area contributed by atoms with Crippen molar-refractivity contribution in [2.45, 2.75) is 19.1 Å². The molecule has 126 valence electrons. The van der Waals surface area contributed by atoms with E-state index in [9.17, 15) is 0 Å². The largest absolute Gasteiger partial charge is 0.372 e. The summed E-state index contributed by atoms with van der Waals surface area (Å²) in [7, 11) is 0. The third-order valence-electron chi connectivity index (χ3n) is 4.65. The average molecular weight is 330 g/mol. The minimum atomic E-state index is 0.134. The molecule has 1 N–H and O–H groups in total. The number of pyridine rings is 1. The van der Waals surface area contributed by atoms with Gasteiger partial charge in [0.1, 0.15) is 0 Å². The number of ether oxygens (including phenoxy) is 1. The van der Waals surface area contributed by atoms with E-state index in [-0.39, 0.29) is 6.10 Å². The van der Waals surface area contributed by atoms with Crippen LogP contribution in [0.25, 0.3) is 11.1 Å². The molecular formula is C22H22N2O. The maximum absolute atomic E-state index is 5.96. The zero-order chi connectivity index (χ0) is 16.9. The molecule has 0 saturated carbocycles. The number of nitrogens with one attached hydrogen (secondary N) is 1. The zero-order valence-corrected chi connectivity index (χ0v) is 14.2. The Morgan fingerprint density at radius 3 is 2.72 bits per heavy atom. The van der Waals surface area contributed by atoms with Gasteiger partial charge in [-0.05, 0) is 34.7 Å². The maximum atomic E-state index is 5.96. The van der Waals surface area contributed by atoms with E-state index < -0.39 is 0 Å². The van der Waals surface area contributed by atoms with E-state index in [1.165, 1.54) is 22.3 Å². The number of hydrogen-bond acceptors (Lipinski definition) is 3. The average Bonchev–Trinajstić information content (AvgIpc) is 2.69. The second-order valence-electron chi connectivity index (χ2n) is 6.39. The molecule has 1 aliphatic rings. The number of rotatable bonds is 5. The summed E-state index contributed by atoms with van der Waals surface area (Å²) < 4.78 is 5.96. The minimum absolute atomic E-state index is 0.134. The van der Waals surface area contributed by atoms with E-state index in [2.05, 4.69) is 64.9 Å². The van der Waals surface area contributed by atoms with E-state index >= 15 is 0 Å². The predicted octanol–water partition coefficient (Wildman–Crippen LogP) is 4.15. The SMILES string of the molecule is c1ccc(-c2cncc(CNCC3OCCc4ccccc43)c2)cc1. The van der Waals surface area contributed by atoms with Gasteiger partial charge < -0.3 is 10.1 Å². The lowest BCUT2D eigenvalue weighted by Gasteiger charge is -2.26. The summed E-state index contributed by atoms with van der Waals surface area (Å²) in [4.78, 5) is 4.39. The number of benzene rings is 2. The van der Waals surface area contributed by atoms with Gasteiger partial charge in [0, 0.05) is 31.0 Å². The molecule has 0 bridgehead atoms. The van der Waals surface area contributed by atoms with Gasteiger partial charge in [-0.2, -0.15) is 0 Å². The summed E-state index contributed by atoms with van der Waals surface area (Å²) in [5.74, 6) is 0. The first-order chi connectivity index (χ1) is 12.4. The third-order valence-corrected chi connectivity index (χ3v) is 4.65. The highest BCUT2D eigenvalue weighted by Crippen LogP contribution is 2.26. The Morgan fingerprint density at radius 2 is 1.80 bits per heavy atom. The van der Waals surface area contributed by atoms with Crippen molar-refractivity contribution in [3.8, 4) is 11.1 Å². The van der Waals surface area contributed by atoms with Crippen LogP contribution in [0.5, 0.6) is 0 Å². The van der Waals surface area contributed by atoms with Crippen molar-refractivity contribution in [2.75, 3.05) is 13.2 Å². The quantitative estimate of drug-likeness (QED) is 0.763. The lowest BCUT2D eigenvalue weighted by molar-refractivity contribution is 0.0423. The van der Waals surface area contributed by atoms with Crippen molar-refractivity contribution in [2.24, 2.45) is 0 Å². The maximum Gasteiger partial charge on any atom is 0.0952 e. The van der Waals surface area contributed by atoms with Crippen molar-refractivity contribution in [3.05, 3.63) is 89.7 Å². The molecule has 1 unspecified atom stereocenters. The first-order valence-corrected chi connectivity index (χ1v) is 8.79. The van der Waals surface area contributed by atoms with Crippen LogP contribution in [-0.2, 0) is 17.7 Å². The van der Waals surface area contributed by atoms with E-state index in [1.54, 1.807) is 0 Å². The van der Waals surface area contributed by atoms with E-state index in [1.807, 2.05) is 18.5 Å². The first-order valence-electron chi connectivity index (χ1n) is 8.79. The Labute approximate surface area is 148 Å².